The van der Waals surface area contributed by atoms with Crippen molar-refractivity contribution >= 4 is 17.8 Å². The Morgan fingerprint density at radius 2 is 1.17 bits per heavy atom. The molecule has 3 aromatic rings. The Kier molecular flexibility index (Phi) is 8.79. The van der Waals surface area contributed by atoms with Crippen molar-refractivity contribution in [1.29, 1.82) is 0 Å². The van der Waals surface area contributed by atoms with Gasteiger partial charge in [-0.3, -0.25) is 9.59 Å². The molecule has 35 heavy (non-hydrogen) atoms. The molecule has 6 heteroatoms. The van der Waals surface area contributed by atoms with E-state index in [0.29, 0.717) is 0 Å². The molecule has 2 atom stereocenters. The van der Waals surface area contributed by atoms with Crippen molar-refractivity contribution in [2.75, 3.05) is 14.2 Å². The van der Waals surface area contributed by atoms with Gasteiger partial charge in [0.2, 0.25) is 5.91 Å². The van der Waals surface area contributed by atoms with Crippen LogP contribution < -0.4 is 5.32 Å². The van der Waals surface area contributed by atoms with Gasteiger partial charge in [-0.25, -0.2) is 4.79 Å². The zero-order valence-corrected chi connectivity index (χ0v) is 20.3. The predicted octanol–water partition coefficient (Wildman–Crippen LogP) is 4.27. The molecule has 1 amide bonds. The minimum atomic E-state index is -0.994. The molecule has 3 aromatic carbocycles. The lowest BCUT2D eigenvalue weighted by Gasteiger charge is -2.36. The van der Waals surface area contributed by atoms with E-state index < -0.39 is 29.3 Å². The van der Waals surface area contributed by atoms with Gasteiger partial charge in [0.25, 0.3) is 0 Å². The Balaban J connectivity index is 2.05. The summed E-state index contributed by atoms with van der Waals surface area (Å²) in [5.74, 6) is -1.93. The topological polar surface area (TPSA) is 81.7 Å². The van der Waals surface area contributed by atoms with E-state index in [4.69, 9.17) is 9.47 Å². The van der Waals surface area contributed by atoms with Crippen molar-refractivity contribution in [2.24, 2.45) is 5.92 Å². The molecule has 0 radical (unpaired) electrons. The summed E-state index contributed by atoms with van der Waals surface area (Å²) in [5, 5.41) is 2.84. The van der Waals surface area contributed by atoms with Crippen LogP contribution in [-0.2, 0) is 29.3 Å². The second kappa shape index (κ2) is 12.0. The third kappa shape index (κ3) is 5.96. The van der Waals surface area contributed by atoms with Crippen LogP contribution in [-0.4, -0.2) is 38.1 Å². The van der Waals surface area contributed by atoms with Crippen molar-refractivity contribution in [2.45, 2.75) is 31.2 Å². The first-order chi connectivity index (χ1) is 16.9. The van der Waals surface area contributed by atoms with Crippen molar-refractivity contribution in [3.63, 3.8) is 0 Å². The third-order valence-electron chi connectivity index (χ3n) is 6.28. The molecule has 0 aliphatic rings. The second-order valence-electron chi connectivity index (χ2n) is 8.51. The van der Waals surface area contributed by atoms with E-state index in [-0.39, 0.29) is 18.7 Å². The van der Waals surface area contributed by atoms with Gasteiger partial charge in [-0.15, -0.1) is 0 Å². The lowest BCUT2D eigenvalue weighted by Crippen LogP contribution is -2.48. The number of esters is 2. The van der Waals surface area contributed by atoms with Crippen LogP contribution in [0, 0.1) is 5.92 Å². The Morgan fingerprint density at radius 3 is 1.54 bits per heavy atom. The quantitative estimate of drug-likeness (QED) is 0.351. The molecule has 0 saturated heterocycles. The van der Waals surface area contributed by atoms with Crippen LogP contribution in [0.3, 0.4) is 0 Å². The Bertz CT molecular complexity index is 1020. The molecule has 0 aromatic heterocycles. The third-order valence-corrected chi connectivity index (χ3v) is 6.28. The number of carbonyl (C=O) groups is 3. The van der Waals surface area contributed by atoms with Crippen molar-refractivity contribution in [1.82, 2.24) is 5.32 Å². The summed E-state index contributed by atoms with van der Waals surface area (Å²) >= 11 is 0. The maximum atomic E-state index is 13.6. The molecule has 0 bridgehead atoms. The first-order valence-corrected chi connectivity index (χ1v) is 11.5. The molecule has 6 nitrogen and oxygen atoms in total. The molecule has 0 heterocycles. The van der Waals surface area contributed by atoms with Crippen LogP contribution in [0.2, 0.25) is 0 Å². The van der Waals surface area contributed by atoms with E-state index in [2.05, 4.69) is 5.32 Å². The number of amides is 1. The minimum absolute atomic E-state index is 0.0300. The number of nitrogens with one attached hydrogen (secondary N) is 1. The highest BCUT2D eigenvalue weighted by Crippen LogP contribution is 2.42. The Labute approximate surface area is 206 Å². The van der Waals surface area contributed by atoms with E-state index in [1.54, 1.807) is 6.92 Å². The van der Waals surface area contributed by atoms with Crippen LogP contribution in [0.4, 0.5) is 0 Å². The van der Waals surface area contributed by atoms with Gasteiger partial charge in [0, 0.05) is 6.42 Å². The van der Waals surface area contributed by atoms with E-state index >= 15 is 0 Å². The fourth-order valence-electron chi connectivity index (χ4n) is 4.46. The summed E-state index contributed by atoms with van der Waals surface area (Å²) in [6.07, 6.45) is 0.0151. The maximum Gasteiger partial charge on any atom is 0.328 e. The van der Waals surface area contributed by atoms with Gasteiger partial charge >= 0.3 is 11.9 Å². The van der Waals surface area contributed by atoms with Gasteiger partial charge < -0.3 is 14.8 Å². The highest BCUT2D eigenvalue weighted by Gasteiger charge is 2.40. The van der Waals surface area contributed by atoms with Crippen molar-refractivity contribution < 1.29 is 23.9 Å². The molecule has 3 rings (SSSR count). The molecule has 182 valence electrons. The van der Waals surface area contributed by atoms with Crippen LogP contribution in [0.25, 0.3) is 0 Å². The first kappa shape index (κ1) is 25.7. The number of rotatable bonds is 10. The summed E-state index contributed by atoms with van der Waals surface area (Å²) in [7, 11) is 2.54. The number of hydrogen-bond donors (Lipinski definition) is 1. The summed E-state index contributed by atoms with van der Waals surface area (Å²) in [6.45, 7) is 1.71. The van der Waals surface area contributed by atoms with Crippen molar-refractivity contribution in [3.05, 3.63) is 108 Å². The second-order valence-corrected chi connectivity index (χ2v) is 8.51. The lowest BCUT2D eigenvalue weighted by atomic mass is 9.67. The van der Waals surface area contributed by atoms with E-state index in [1.807, 2.05) is 91.0 Å². The largest absolute Gasteiger partial charge is 0.469 e. The normalized spacial score (nSPS) is 12.8. The maximum absolute atomic E-state index is 13.6. The highest BCUT2D eigenvalue weighted by atomic mass is 16.5. The molecule has 0 fully saturated rings. The number of ether oxygens (including phenoxy) is 2. The monoisotopic (exact) mass is 473 g/mol. The van der Waals surface area contributed by atoms with E-state index in [0.717, 1.165) is 16.7 Å². The van der Waals surface area contributed by atoms with Crippen LogP contribution in [0.1, 0.15) is 36.5 Å². The summed E-state index contributed by atoms with van der Waals surface area (Å²) in [5.41, 5.74) is 2.04. The fourth-order valence-corrected chi connectivity index (χ4v) is 4.46. The Morgan fingerprint density at radius 1 is 0.743 bits per heavy atom. The van der Waals surface area contributed by atoms with Crippen LogP contribution in [0.5, 0.6) is 0 Å². The Hall–Kier alpha value is -3.93. The molecular formula is C29H31NO5. The number of carbonyl (C=O) groups excluding carboxylic acids is 3. The predicted molar refractivity (Wildman–Crippen MR) is 134 cm³/mol. The summed E-state index contributed by atoms with van der Waals surface area (Å²) in [6, 6.07) is 28.5. The van der Waals surface area contributed by atoms with Gasteiger partial charge in [0.15, 0.2) is 0 Å². The van der Waals surface area contributed by atoms with E-state index in [1.165, 1.54) is 14.2 Å². The van der Waals surface area contributed by atoms with Gasteiger partial charge in [-0.05, 0) is 22.6 Å². The standard InChI is InChI=1S/C29H31NO5/c1-21(19-26(32)34-2)27(28(33)35-3)30-25(31)20-29(22-13-7-4-8-14-22,23-15-9-5-10-16-23)24-17-11-6-12-18-24/h4-18,21,27H,19-20H2,1-3H3,(H,30,31)/t21-,27-/m1/s1. The zero-order valence-electron chi connectivity index (χ0n) is 20.3. The summed E-state index contributed by atoms with van der Waals surface area (Å²) in [4.78, 5) is 38.0. The first-order valence-electron chi connectivity index (χ1n) is 11.5. The SMILES string of the molecule is COC(=O)C[C@@H](C)[C@@H](NC(=O)CC(c1ccccc1)(c1ccccc1)c1ccccc1)C(=O)OC. The van der Waals surface area contributed by atoms with E-state index in [9.17, 15) is 14.4 Å². The van der Waals surface area contributed by atoms with Crippen LogP contribution in [0.15, 0.2) is 91.0 Å². The molecule has 0 saturated carbocycles. The van der Waals surface area contributed by atoms with Gasteiger partial charge in [-0.1, -0.05) is 97.9 Å². The number of benzene rings is 3. The van der Waals surface area contributed by atoms with Gasteiger partial charge in [0.05, 0.1) is 26.1 Å². The molecule has 0 aliphatic carbocycles. The molecule has 0 unspecified atom stereocenters. The summed E-state index contributed by atoms with van der Waals surface area (Å²) < 4.78 is 9.67. The van der Waals surface area contributed by atoms with Crippen molar-refractivity contribution in [3.8, 4) is 0 Å². The highest BCUT2D eigenvalue weighted by molar-refractivity contribution is 5.87. The number of hydrogen-bond acceptors (Lipinski definition) is 5. The molecular weight excluding hydrogens is 442 g/mol. The minimum Gasteiger partial charge on any atom is -0.469 e. The average molecular weight is 474 g/mol. The molecule has 0 spiro atoms. The van der Waals surface area contributed by atoms with Gasteiger partial charge in [0.1, 0.15) is 6.04 Å². The fraction of sp³-hybridized carbons (Fsp3) is 0.276. The van der Waals surface area contributed by atoms with Crippen LogP contribution >= 0.6 is 0 Å². The smallest absolute Gasteiger partial charge is 0.328 e. The number of methoxy groups -OCH3 is 2. The zero-order chi connectivity index (χ0) is 25.3. The van der Waals surface area contributed by atoms with Gasteiger partial charge in [-0.2, -0.15) is 0 Å². The lowest BCUT2D eigenvalue weighted by molar-refractivity contribution is -0.148. The molecule has 0 aliphatic heterocycles. The molecule has 1 N–H and O–H groups in total. The average Bonchev–Trinajstić information content (AvgIpc) is 2.91.